The van der Waals surface area contributed by atoms with Crippen LogP contribution < -0.4 is 5.32 Å². The first-order valence-electron chi connectivity index (χ1n) is 6.47. The van der Waals surface area contributed by atoms with E-state index in [0.29, 0.717) is 18.0 Å². The fraction of sp³-hybridized carbons (Fsp3) is 0.467. The fourth-order valence-electron chi connectivity index (χ4n) is 1.62. The molecule has 5 heteroatoms. The Labute approximate surface area is 124 Å². The van der Waals surface area contributed by atoms with Gasteiger partial charge in [-0.3, -0.25) is 10.1 Å². The van der Waals surface area contributed by atoms with E-state index >= 15 is 0 Å². The third-order valence-corrected chi connectivity index (χ3v) is 2.60. The van der Waals surface area contributed by atoms with Gasteiger partial charge in [-0.2, -0.15) is 0 Å². The summed E-state index contributed by atoms with van der Waals surface area (Å²) in [6.07, 6.45) is 0.0378. The molecule has 1 aromatic rings. The third kappa shape index (κ3) is 6.06. The number of ketones is 1. The number of ether oxygens (including phenoxy) is 1. The predicted molar refractivity (Wildman–Crippen MR) is 80.3 cm³/mol. The van der Waals surface area contributed by atoms with Gasteiger partial charge in [0.25, 0.3) is 0 Å². The number of halogens is 1. The quantitative estimate of drug-likeness (QED) is 0.842. The lowest BCUT2D eigenvalue weighted by molar-refractivity contribution is -0.118. The Morgan fingerprint density at radius 2 is 1.90 bits per heavy atom. The van der Waals surface area contributed by atoms with Crippen LogP contribution in [0.4, 0.5) is 10.5 Å². The third-order valence-electron chi connectivity index (χ3n) is 2.41. The van der Waals surface area contributed by atoms with E-state index in [1.54, 1.807) is 39.0 Å². The molecule has 0 aliphatic heterocycles. The normalized spacial score (nSPS) is 11.0. The zero-order valence-corrected chi connectivity index (χ0v) is 12.8. The number of alkyl halides is 1. The fourth-order valence-corrected chi connectivity index (χ4v) is 1.83. The second-order valence-electron chi connectivity index (χ2n) is 5.44. The van der Waals surface area contributed by atoms with Gasteiger partial charge in [-0.1, -0.05) is 18.2 Å². The van der Waals surface area contributed by atoms with E-state index in [1.807, 2.05) is 6.07 Å². The molecule has 0 radical (unpaired) electrons. The summed E-state index contributed by atoms with van der Waals surface area (Å²) in [5, 5.41) is 2.67. The monoisotopic (exact) mass is 297 g/mol. The van der Waals surface area contributed by atoms with E-state index in [2.05, 4.69) is 5.32 Å². The zero-order chi connectivity index (χ0) is 15.2. The Morgan fingerprint density at radius 1 is 1.25 bits per heavy atom. The number of benzene rings is 1. The number of hydrogen-bond donors (Lipinski definition) is 1. The lowest BCUT2D eigenvalue weighted by atomic mass is 10.1. The number of carbonyl (C=O) groups is 2. The SMILES string of the molecule is CC(C)(C)OC(=O)Nc1ccccc1CC(=O)CCCl. The van der Waals surface area contributed by atoms with Crippen molar-refractivity contribution in [2.75, 3.05) is 11.2 Å². The van der Waals surface area contributed by atoms with Crippen molar-refractivity contribution in [3.05, 3.63) is 29.8 Å². The molecule has 4 nitrogen and oxygen atoms in total. The van der Waals surface area contributed by atoms with Gasteiger partial charge < -0.3 is 4.74 Å². The second kappa shape index (κ2) is 7.29. The van der Waals surface area contributed by atoms with E-state index in [1.165, 1.54) is 0 Å². The number of nitrogens with one attached hydrogen (secondary N) is 1. The Morgan fingerprint density at radius 3 is 2.50 bits per heavy atom. The molecule has 0 heterocycles. The molecule has 1 N–H and O–H groups in total. The van der Waals surface area contributed by atoms with E-state index in [4.69, 9.17) is 16.3 Å². The van der Waals surface area contributed by atoms with Crippen LogP contribution in [0.1, 0.15) is 32.8 Å². The highest BCUT2D eigenvalue weighted by Crippen LogP contribution is 2.18. The molecule has 0 aliphatic rings. The number of carbonyl (C=O) groups excluding carboxylic acids is 2. The minimum absolute atomic E-state index is 0.0402. The van der Waals surface area contributed by atoms with Gasteiger partial charge in [-0.25, -0.2) is 4.79 Å². The van der Waals surface area contributed by atoms with Crippen molar-refractivity contribution in [3.8, 4) is 0 Å². The highest BCUT2D eigenvalue weighted by atomic mass is 35.5. The minimum atomic E-state index is -0.562. The summed E-state index contributed by atoms with van der Waals surface area (Å²) in [6.45, 7) is 5.38. The molecule has 1 rings (SSSR count). The predicted octanol–water partition coefficient (Wildman–Crippen LogP) is 3.77. The molecule has 0 spiro atoms. The van der Waals surface area contributed by atoms with Crippen molar-refractivity contribution < 1.29 is 14.3 Å². The number of hydrogen-bond acceptors (Lipinski definition) is 3. The summed E-state index contributed by atoms with van der Waals surface area (Å²) in [4.78, 5) is 23.4. The average Bonchev–Trinajstić information content (AvgIpc) is 2.29. The van der Waals surface area contributed by atoms with Gasteiger partial charge in [0.15, 0.2) is 0 Å². The van der Waals surface area contributed by atoms with Gasteiger partial charge in [0.2, 0.25) is 0 Å². The van der Waals surface area contributed by atoms with Crippen LogP contribution in [-0.4, -0.2) is 23.4 Å². The molecule has 0 saturated heterocycles. The Hall–Kier alpha value is -1.55. The topological polar surface area (TPSA) is 55.4 Å². The highest BCUT2D eigenvalue weighted by Gasteiger charge is 2.17. The smallest absolute Gasteiger partial charge is 0.412 e. The zero-order valence-electron chi connectivity index (χ0n) is 12.0. The largest absolute Gasteiger partial charge is 0.444 e. The van der Waals surface area contributed by atoms with Gasteiger partial charge >= 0.3 is 6.09 Å². The van der Waals surface area contributed by atoms with Crippen molar-refractivity contribution in [3.63, 3.8) is 0 Å². The number of para-hydroxylation sites is 1. The van der Waals surface area contributed by atoms with Crippen LogP contribution in [0, 0.1) is 0 Å². The highest BCUT2D eigenvalue weighted by molar-refractivity contribution is 6.19. The van der Waals surface area contributed by atoms with Crippen LogP contribution in [0.2, 0.25) is 0 Å². The van der Waals surface area contributed by atoms with Gasteiger partial charge in [-0.05, 0) is 32.4 Å². The molecule has 0 bridgehead atoms. The van der Waals surface area contributed by atoms with Crippen LogP contribution >= 0.6 is 11.6 Å². The molecule has 0 fully saturated rings. The molecule has 0 saturated carbocycles. The van der Waals surface area contributed by atoms with Crippen LogP contribution in [0.5, 0.6) is 0 Å². The first-order valence-corrected chi connectivity index (χ1v) is 7.01. The first-order chi connectivity index (χ1) is 9.31. The number of Topliss-reactive ketones (excluding diaryl/α,β-unsaturated/α-hetero) is 1. The summed E-state index contributed by atoms with van der Waals surface area (Å²) in [5.41, 5.74) is 0.783. The maximum absolute atomic E-state index is 11.8. The van der Waals surface area contributed by atoms with Crippen molar-refractivity contribution in [1.82, 2.24) is 0 Å². The van der Waals surface area contributed by atoms with Gasteiger partial charge in [-0.15, -0.1) is 11.6 Å². The summed E-state index contributed by atoms with van der Waals surface area (Å²) >= 11 is 5.55. The van der Waals surface area contributed by atoms with Gasteiger partial charge in [0.1, 0.15) is 11.4 Å². The average molecular weight is 298 g/mol. The van der Waals surface area contributed by atoms with E-state index in [-0.39, 0.29) is 12.2 Å². The lowest BCUT2D eigenvalue weighted by Gasteiger charge is -2.20. The summed E-state index contributed by atoms with van der Waals surface area (Å²) in [5.74, 6) is 0.346. The van der Waals surface area contributed by atoms with E-state index in [0.717, 1.165) is 5.56 Å². The first kappa shape index (κ1) is 16.5. The Kier molecular flexibility index (Phi) is 6.02. The standard InChI is InChI=1S/C15H20ClNO3/c1-15(2,3)20-14(19)17-13-7-5-4-6-11(13)10-12(18)8-9-16/h4-7H,8-10H2,1-3H3,(H,17,19). The van der Waals surface area contributed by atoms with Crippen molar-refractivity contribution in [1.29, 1.82) is 0 Å². The maximum atomic E-state index is 11.8. The maximum Gasteiger partial charge on any atom is 0.412 e. The number of anilines is 1. The molecule has 0 aromatic heterocycles. The molecule has 0 atom stereocenters. The van der Waals surface area contributed by atoms with Crippen LogP contribution in [0.15, 0.2) is 24.3 Å². The molecule has 0 aliphatic carbocycles. The van der Waals surface area contributed by atoms with Crippen molar-refractivity contribution >= 4 is 29.2 Å². The second-order valence-corrected chi connectivity index (χ2v) is 5.82. The summed E-state index contributed by atoms with van der Waals surface area (Å²) in [7, 11) is 0. The Bertz CT molecular complexity index is 480. The molecular formula is C15H20ClNO3. The molecule has 1 amide bonds. The number of rotatable bonds is 5. The Balaban J connectivity index is 2.75. The molecule has 110 valence electrons. The number of amides is 1. The van der Waals surface area contributed by atoms with E-state index < -0.39 is 11.7 Å². The van der Waals surface area contributed by atoms with Gasteiger partial charge in [0.05, 0.1) is 0 Å². The molecule has 1 aromatic carbocycles. The lowest BCUT2D eigenvalue weighted by Crippen LogP contribution is -2.27. The van der Waals surface area contributed by atoms with Gasteiger partial charge in [0, 0.05) is 24.4 Å². The van der Waals surface area contributed by atoms with Crippen LogP contribution in [-0.2, 0) is 16.0 Å². The van der Waals surface area contributed by atoms with Crippen LogP contribution in [0.3, 0.4) is 0 Å². The molecule has 0 unspecified atom stereocenters. The molecule has 20 heavy (non-hydrogen) atoms. The minimum Gasteiger partial charge on any atom is -0.444 e. The molecular weight excluding hydrogens is 278 g/mol. The summed E-state index contributed by atoms with van der Waals surface area (Å²) in [6, 6.07) is 7.16. The van der Waals surface area contributed by atoms with Crippen LogP contribution in [0.25, 0.3) is 0 Å². The van der Waals surface area contributed by atoms with Crippen molar-refractivity contribution in [2.24, 2.45) is 0 Å². The van der Waals surface area contributed by atoms with E-state index in [9.17, 15) is 9.59 Å². The van der Waals surface area contributed by atoms with Crippen molar-refractivity contribution in [2.45, 2.75) is 39.2 Å². The summed E-state index contributed by atoms with van der Waals surface area (Å²) < 4.78 is 5.19.